The van der Waals surface area contributed by atoms with Crippen molar-refractivity contribution in [3.63, 3.8) is 0 Å². The molecule has 3 amide bonds. The molecule has 37 heavy (non-hydrogen) atoms. The van der Waals surface area contributed by atoms with Crippen LogP contribution in [-0.2, 0) is 16.9 Å². The van der Waals surface area contributed by atoms with Crippen LogP contribution in [0.25, 0.3) is 0 Å². The largest absolute Gasteiger partial charge is 0.503 e. The molecule has 1 aliphatic heterocycles. The lowest BCUT2D eigenvalue weighted by atomic mass is 9.66. The van der Waals surface area contributed by atoms with Crippen molar-refractivity contribution >= 4 is 30.1 Å². The summed E-state index contributed by atoms with van der Waals surface area (Å²) in [6, 6.07) is 2.72. The number of hydrogen-bond acceptors (Lipinski definition) is 5. The van der Waals surface area contributed by atoms with E-state index < -0.39 is 45.7 Å². The number of halogens is 3. The van der Waals surface area contributed by atoms with Gasteiger partial charge in [0.2, 0.25) is 11.3 Å². The summed E-state index contributed by atoms with van der Waals surface area (Å²) in [6.07, 6.45) is 2.39. The summed E-state index contributed by atoms with van der Waals surface area (Å²) in [4.78, 5) is 51.9. The maximum atomic E-state index is 14.0. The zero-order valence-corrected chi connectivity index (χ0v) is 21.5. The molecule has 200 valence electrons. The summed E-state index contributed by atoms with van der Waals surface area (Å²) >= 11 is 0. The fraction of sp³-hybridized carbons (Fsp3) is 0.440. The molecule has 2 aliphatic rings. The van der Waals surface area contributed by atoms with Crippen LogP contribution in [0, 0.1) is 17.6 Å². The van der Waals surface area contributed by atoms with Gasteiger partial charge in [-0.2, -0.15) is 0 Å². The van der Waals surface area contributed by atoms with E-state index in [0.717, 1.165) is 6.07 Å². The fourth-order valence-electron chi connectivity index (χ4n) is 5.07. The van der Waals surface area contributed by atoms with E-state index >= 15 is 0 Å². The Balaban J connectivity index is 0.00000380. The lowest BCUT2D eigenvalue weighted by Gasteiger charge is -2.55. The number of aromatic nitrogens is 1. The van der Waals surface area contributed by atoms with Gasteiger partial charge in [0.15, 0.2) is 11.4 Å². The van der Waals surface area contributed by atoms with Crippen molar-refractivity contribution in [1.29, 1.82) is 0 Å². The average molecular weight is 539 g/mol. The number of pyridine rings is 1. The molecular weight excluding hydrogens is 510 g/mol. The highest BCUT2D eigenvalue weighted by Gasteiger charge is 2.52. The molecule has 4 rings (SSSR count). The minimum atomic E-state index is -1.01. The third-order valence-electron chi connectivity index (χ3n) is 6.92. The molecule has 1 fully saturated rings. The van der Waals surface area contributed by atoms with Crippen molar-refractivity contribution in [3.05, 3.63) is 63.1 Å². The third-order valence-corrected chi connectivity index (χ3v) is 6.92. The highest BCUT2D eigenvalue weighted by atomic mass is 35.5. The van der Waals surface area contributed by atoms with E-state index in [1.54, 1.807) is 4.90 Å². The molecule has 0 saturated heterocycles. The predicted molar refractivity (Wildman–Crippen MR) is 133 cm³/mol. The Morgan fingerprint density at radius 2 is 1.86 bits per heavy atom. The molecule has 1 saturated carbocycles. The van der Waals surface area contributed by atoms with E-state index in [4.69, 9.17) is 0 Å². The van der Waals surface area contributed by atoms with E-state index in [1.807, 2.05) is 13.8 Å². The number of nitrogens with zero attached hydrogens (tertiary/aromatic N) is 2. The molecule has 0 atom stereocenters. The number of carbonyl (C=O) groups excluding carboxylic acids is 3. The minimum Gasteiger partial charge on any atom is -0.503 e. The van der Waals surface area contributed by atoms with Gasteiger partial charge in [0.25, 0.3) is 11.8 Å². The van der Waals surface area contributed by atoms with Gasteiger partial charge in [0.1, 0.15) is 17.2 Å². The zero-order chi connectivity index (χ0) is 26.4. The standard InChI is InChI=1S/C25H28F2N4O5.ClH/c1-13(2)30-12-25(7-15(8-25)9-28-14(3)32)31-11-18(21(33)22(34)20(31)24(30)36)23(35)29-10-16-4-5-17(26)6-19(16)27;/h4-6,11,13,15,34H,7-10,12H2,1-3H3,(H,28,32)(H,29,35);1H. The Bertz CT molecular complexity index is 1310. The Hall–Kier alpha value is -3.47. The minimum absolute atomic E-state index is 0. The first-order valence-corrected chi connectivity index (χ1v) is 11.7. The van der Waals surface area contributed by atoms with Gasteiger partial charge in [-0.1, -0.05) is 6.07 Å². The van der Waals surface area contributed by atoms with Gasteiger partial charge in [-0.25, -0.2) is 8.78 Å². The molecule has 0 bridgehead atoms. The number of carbonyl (C=O) groups is 3. The number of amides is 3. The van der Waals surface area contributed by atoms with Crippen LogP contribution in [0.3, 0.4) is 0 Å². The molecule has 3 N–H and O–H groups in total. The van der Waals surface area contributed by atoms with Gasteiger partial charge in [0, 0.05) is 50.4 Å². The van der Waals surface area contributed by atoms with Gasteiger partial charge in [0.05, 0.1) is 5.54 Å². The Kier molecular flexibility index (Phi) is 7.97. The Labute approximate surface area is 218 Å². The molecule has 1 aliphatic carbocycles. The van der Waals surface area contributed by atoms with Crippen molar-refractivity contribution in [2.45, 2.75) is 51.7 Å². The summed E-state index contributed by atoms with van der Waals surface area (Å²) in [5.74, 6) is -3.86. The first-order valence-electron chi connectivity index (χ1n) is 11.7. The van der Waals surface area contributed by atoms with Crippen LogP contribution in [-0.4, -0.2) is 51.4 Å². The molecule has 12 heteroatoms. The van der Waals surface area contributed by atoms with Crippen LogP contribution in [0.5, 0.6) is 5.75 Å². The van der Waals surface area contributed by atoms with Gasteiger partial charge >= 0.3 is 0 Å². The van der Waals surface area contributed by atoms with Crippen LogP contribution in [0.1, 0.15) is 60.0 Å². The number of hydrogen-bond donors (Lipinski definition) is 3. The van der Waals surface area contributed by atoms with Gasteiger partial charge < -0.3 is 25.2 Å². The van der Waals surface area contributed by atoms with Crippen LogP contribution >= 0.6 is 12.4 Å². The second-order valence-electron chi connectivity index (χ2n) is 9.82. The average Bonchev–Trinajstić information content (AvgIpc) is 2.78. The SMILES string of the molecule is CC(=O)NCC1CC2(C1)CN(C(C)C)C(=O)c1c(O)c(=O)c(C(=O)NCc3ccc(F)cc3F)cn12.Cl. The number of fused-ring (bicyclic) bond motifs is 2. The van der Waals surface area contributed by atoms with Gasteiger partial charge in [-0.05, 0) is 38.7 Å². The lowest BCUT2D eigenvalue weighted by Crippen LogP contribution is -2.62. The quantitative estimate of drug-likeness (QED) is 0.521. The van der Waals surface area contributed by atoms with Crippen molar-refractivity contribution in [1.82, 2.24) is 20.1 Å². The van der Waals surface area contributed by atoms with Gasteiger partial charge in [-0.3, -0.25) is 19.2 Å². The van der Waals surface area contributed by atoms with E-state index in [1.165, 1.54) is 23.8 Å². The van der Waals surface area contributed by atoms with E-state index in [2.05, 4.69) is 10.6 Å². The highest BCUT2D eigenvalue weighted by Crippen LogP contribution is 2.48. The van der Waals surface area contributed by atoms with E-state index in [0.29, 0.717) is 32.0 Å². The number of nitrogens with one attached hydrogen (secondary N) is 2. The van der Waals surface area contributed by atoms with Gasteiger partial charge in [-0.15, -0.1) is 12.4 Å². The summed E-state index contributed by atoms with van der Waals surface area (Å²) in [5.41, 5.74) is -2.24. The summed E-state index contributed by atoms with van der Waals surface area (Å²) in [6.45, 7) is 5.55. The highest BCUT2D eigenvalue weighted by molar-refractivity contribution is 5.99. The van der Waals surface area contributed by atoms with Crippen molar-refractivity contribution in [2.75, 3.05) is 13.1 Å². The van der Waals surface area contributed by atoms with Crippen molar-refractivity contribution in [3.8, 4) is 5.75 Å². The van der Waals surface area contributed by atoms with Crippen LogP contribution < -0.4 is 16.1 Å². The van der Waals surface area contributed by atoms with Crippen molar-refractivity contribution in [2.24, 2.45) is 5.92 Å². The summed E-state index contributed by atoms with van der Waals surface area (Å²) in [5, 5.41) is 16.0. The number of benzene rings is 1. The maximum absolute atomic E-state index is 14.0. The second-order valence-corrected chi connectivity index (χ2v) is 9.82. The van der Waals surface area contributed by atoms with E-state index in [-0.39, 0.29) is 48.1 Å². The first-order chi connectivity index (χ1) is 16.9. The topological polar surface area (TPSA) is 121 Å². The Morgan fingerprint density at radius 1 is 1.19 bits per heavy atom. The Morgan fingerprint density at radius 3 is 2.46 bits per heavy atom. The van der Waals surface area contributed by atoms with E-state index in [9.17, 15) is 33.1 Å². The molecule has 2 aromatic rings. The molecule has 1 aromatic heterocycles. The van der Waals surface area contributed by atoms with Crippen LogP contribution in [0.4, 0.5) is 8.78 Å². The molecule has 0 radical (unpaired) electrons. The first kappa shape index (κ1) is 28.1. The second kappa shape index (κ2) is 10.5. The monoisotopic (exact) mass is 538 g/mol. The summed E-state index contributed by atoms with van der Waals surface area (Å²) in [7, 11) is 0. The molecule has 1 aromatic carbocycles. The summed E-state index contributed by atoms with van der Waals surface area (Å²) < 4.78 is 28.6. The maximum Gasteiger partial charge on any atom is 0.274 e. The normalized spacial score (nSPS) is 20.2. The van der Waals surface area contributed by atoms with Crippen LogP contribution in [0.15, 0.2) is 29.2 Å². The molecule has 9 nitrogen and oxygen atoms in total. The molecular formula is C25H29ClF2N4O5. The number of aromatic hydroxyl groups is 1. The smallest absolute Gasteiger partial charge is 0.274 e. The predicted octanol–water partition coefficient (Wildman–Crippen LogP) is 2.29. The lowest BCUT2D eigenvalue weighted by molar-refractivity contribution is -0.119. The third kappa shape index (κ3) is 5.18. The zero-order valence-electron chi connectivity index (χ0n) is 20.6. The molecule has 1 spiro atoms. The fourth-order valence-corrected chi connectivity index (χ4v) is 5.07. The van der Waals surface area contributed by atoms with Crippen molar-refractivity contribution < 1.29 is 28.3 Å². The van der Waals surface area contributed by atoms with Crippen LogP contribution in [0.2, 0.25) is 0 Å². The molecule has 0 unspecified atom stereocenters. The molecule has 2 heterocycles. The number of rotatable bonds is 6.